The molecule has 0 atom stereocenters. The first-order chi connectivity index (χ1) is 31.1. The molecular formula is C40H26Cl2N10O11S3. The van der Waals surface area contributed by atoms with Gasteiger partial charge in [0.05, 0.1) is 32.4 Å². The average Bonchev–Trinajstić information content (AvgIpc) is 3.60. The third-order valence-corrected chi connectivity index (χ3v) is 12.5. The number of aromatic nitrogens is 1. The maximum absolute atomic E-state index is 12.1. The molecule has 21 nitrogen and oxygen atoms in total. The monoisotopic (exact) mass is 988 g/mol. The zero-order chi connectivity index (χ0) is 48.2. The molecule has 0 saturated heterocycles. The number of hydrogen-bond donors (Lipinski definition) is 7. The number of hydrogen-bond acceptors (Lipinski definition) is 17. The predicted octanol–water partition coefficient (Wildman–Crippen LogP) is 10.3. The first kappa shape index (κ1) is 47.8. The quantitative estimate of drug-likeness (QED) is 0.0394. The van der Waals surface area contributed by atoms with E-state index < -0.39 is 59.0 Å². The van der Waals surface area contributed by atoms with Crippen LogP contribution in [0.25, 0.3) is 11.1 Å². The summed E-state index contributed by atoms with van der Waals surface area (Å²) in [6.45, 7) is 2.71. The Balaban J connectivity index is 1.56. The fourth-order valence-electron chi connectivity index (χ4n) is 5.95. The van der Waals surface area contributed by atoms with Crippen molar-refractivity contribution in [2.24, 2.45) is 20.5 Å². The van der Waals surface area contributed by atoms with Crippen LogP contribution in [0.3, 0.4) is 0 Å². The van der Waals surface area contributed by atoms with Crippen LogP contribution >= 0.6 is 34.5 Å². The highest BCUT2D eigenvalue weighted by atomic mass is 35.5. The first-order valence-electron chi connectivity index (χ1n) is 18.0. The molecule has 0 fully saturated rings. The highest BCUT2D eigenvalue weighted by Crippen LogP contribution is 2.49. The Bertz CT molecular complexity index is 3390. The maximum Gasteiger partial charge on any atom is 0.335 e. The van der Waals surface area contributed by atoms with Crippen molar-refractivity contribution >= 4 is 123 Å². The Kier molecular flexibility index (Phi) is 13.9. The molecule has 0 aliphatic rings. The topological polar surface area (TPSA) is 346 Å². The number of carboxylic acid groups (broad SMARTS) is 2. The van der Waals surface area contributed by atoms with Gasteiger partial charge < -0.3 is 26.2 Å². The number of anilines is 5. The summed E-state index contributed by atoms with van der Waals surface area (Å²) >= 11 is 12.8. The normalized spacial score (nSPS) is 11.6. The number of carbonyl (C=O) groups is 3. The van der Waals surface area contributed by atoms with Crippen LogP contribution in [0.4, 0.5) is 50.1 Å². The van der Waals surface area contributed by atoms with E-state index >= 15 is 0 Å². The Hall–Kier alpha value is -7.68. The van der Waals surface area contributed by atoms with E-state index in [-0.39, 0.29) is 76.7 Å². The van der Waals surface area contributed by atoms with Gasteiger partial charge in [-0.1, -0.05) is 46.7 Å². The number of halogens is 2. The van der Waals surface area contributed by atoms with Crippen LogP contribution in [0.2, 0.25) is 10.0 Å². The molecule has 0 unspecified atom stereocenters. The van der Waals surface area contributed by atoms with Gasteiger partial charge in [0.2, 0.25) is 5.91 Å². The second kappa shape index (κ2) is 19.2. The number of carbonyl (C=O) groups excluding carboxylic acids is 1. The van der Waals surface area contributed by atoms with Crippen LogP contribution in [0.5, 0.6) is 0 Å². The van der Waals surface area contributed by atoms with E-state index in [1.165, 1.54) is 32.0 Å². The molecule has 0 aliphatic heterocycles. The van der Waals surface area contributed by atoms with E-state index in [1.54, 1.807) is 18.2 Å². The van der Waals surface area contributed by atoms with Crippen molar-refractivity contribution in [3.8, 4) is 23.3 Å². The molecule has 0 spiro atoms. The average molecular weight is 990 g/mol. The number of nitriles is 2. The largest absolute Gasteiger partial charge is 0.478 e. The number of pyridine rings is 1. The van der Waals surface area contributed by atoms with Gasteiger partial charge in [0, 0.05) is 35.1 Å². The second-order valence-electron chi connectivity index (χ2n) is 13.4. The van der Waals surface area contributed by atoms with Crippen molar-refractivity contribution in [2.45, 2.75) is 23.6 Å². The number of azo groups is 2. The fraction of sp³-hybridized carbons (Fsp3) is 0.0500. The van der Waals surface area contributed by atoms with Gasteiger partial charge in [0.15, 0.2) is 16.6 Å². The zero-order valence-electron chi connectivity index (χ0n) is 33.3. The SMILES string of the molecule is CC(=O)Nc1cccc(-c2c(N=Nc3cc(C(=O)O)cc(C(=O)O)c3)sc(N=Nc3c(Nc4ccc(Cl)c(S(=O)(=O)O)c4)nc(Nc4ccc(Cl)c(S(=O)(=O)O)c4)c(C#N)c3C)c2C#N)c1. The summed E-state index contributed by atoms with van der Waals surface area (Å²) in [5.74, 6) is -3.75. The van der Waals surface area contributed by atoms with Gasteiger partial charge in [-0.3, -0.25) is 13.9 Å². The number of carboxylic acids is 2. The number of thiophene rings is 1. The van der Waals surface area contributed by atoms with Gasteiger partial charge in [0.25, 0.3) is 20.2 Å². The third kappa shape index (κ3) is 10.8. The van der Waals surface area contributed by atoms with Crippen molar-refractivity contribution in [3.63, 3.8) is 0 Å². The Morgan fingerprint density at radius 2 is 1.24 bits per heavy atom. The molecule has 0 bridgehead atoms. The number of amides is 1. The molecule has 0 radical (unpaired) electrons. The summed E-state index contributed by atoms with van der Waals surface area (Å²) in [6, 6.07) is 20.2. The van der Waals surface area contributed by atoms with Crippen LogP contribution in [0.1, 0.15) is 44.3 Å². The van der Waals surface area contributed by atoms with Gasteiger partial charge in [-0.15, -0.1) is 20.5 Å². The van der Waals surface area contributed by atoms with Gasteiger partial charge in [0.1, 0.15) is 38.2 Å². The van der Waals surface area contributed by atoms with Crippen LogP contribution in [-0.2, 0) is 25.0 Å². The Labute approximate surface area is 386 Å². The van der Waals surface area contributed by atoms with Crippen LogP contribution in [-0.4, -0.2) is 59.0 Å². The van der Waals surface area contributed by atoms with Gasteiger partial charge in [-0.2, -0.15) is 27.4 Å². The van der Waals surface area contributed by atoms with Crippen LogP contribution in [0.15, 0.2) is 109 Å². The molecule has 66 heavy (non-hydrogen) atoms. The van der Waals surface area contributed by atoms with Gasteiger partial charge in [-0.05, 0) is 79.2 Å². The maximum atomic E-state index is 12.1. The molecule has 4 aromatic carbocycles. The summed E-state index contributed by atoms with van der Waals surface area (Å²) in [6.07, 6.45) is 0. The molecule has 0 saturated carbocycles. The standard InChI is InChI=1S/C40H26Cl2N10O11S3/c1-18-27(16-43)35(46-24-6-8-29(41)31(14-24)65(58,59)60)48-36(47-25-7-9-30(42)32(15-25)66(61,62)63)34(18)50-51-37-28(17-44)33(20-4-3-5-23(11-20)45-19(2)53)38(64-37)52-49-26-12-21(39(54)55)10-22(13-26)40(56)57/h3-15H,1-2H3,(H,45,53)(H,54,55)(H,56,57)(H2,46,47,48)(H,58,59,60)(H,61,62,63). The molecule has 6 rings (SSSR count). The van der Waals surface area contributed by atoms with Crippen molar-refractivity contribution in [2.75, 3.05) is 16.0 Å². The first-order valence-corrected chi connectivity index (χ1v) is 22.5. The van der Waals surface area contributed by atoms with Gasteiger partial charge >= 0.3 is 11.9 Å². The minimum atomic E-state index is -4.86. The molecular weight excluding hydrogens is 964 g/mol. The number of rotatable bonds is 14. The third-order valence-electron chi connectivity index (χ3n) is 8.83. The lowest BCUT2D eigenvalue weighted by Crippen LogP contribution is -2.06. The Morgan fingerprint density at radius 1 is 0.697 bits per heavy atom. The summed E-state index contributed by atoms with van der Waals surface area (Å²) in [7, 11) is -9.67. The van der Waals surface area contributed by atoms with Crippen molar-refractivity contribution in [1.82, 2.24) is 4.98 Å². The molecule has 0 aliphatic carbocycles. The zero-order valence-corrected chi connectivity index (χ0v) is 37.2. The molecule has 1 amide bonds. The minimum Gasteiger partial charge on any atom is -0.478 e. The lowest BCUT2D eigenvalue weighted by atomic mass is 10.0. The summed E-state index contributed by atoms with van der Waals surface area (Å²) in [5.41, 5.74) is -0.750. The number of nitrogens with one attached hydrogen (secondary N) is 3. The van der Waals surface area contributed by atoms with Crippen LogP contribution < -0.4 is 16.0 Å². The van der Waals surface area contributed by atoms with E-state index in [2.05, 4.69) is 47.5 Å². The number of benzene rings is 4. The van der Waals surface area contributed by atoms with Crippen molar-refractivity contribution in [1.29, 1.82) is 10.5 Å². The van der Waals surface area contributed by atoms with E-state index in [4.69, 9.17) is 23.2 Å². The Morgan fingerprint density at radius 3 is 1.76 bits per heavy atom. The van der Waals surface area contributed by atoms with Gasteiger partial charge in [-0.25, -0.2) is 14.6 Å². The van der Waals surface area contributed by atoms with Crippen LogP contribution in [0, 0.1) is 29.6 Å². The lowest BCUT2D eigenvalue weighted by Gasteiger charge is -2.16. The smallest absolute Gasteiger partial charge is 0.335 e. The second-order valence-corrected chi connectivity index (χ2v) is 17.9. The minimum absolute atomic E-state index is 0.0150. The molecule has 2 heterocycles. The predicted molar refractivity (Wildman–Crippen MR) is 240 cm³/mol. The summed E-state index contributed by atoms with van der Waals surface area (Å²) in [5, 5.41) is 64.7. The summed E-state index contributed by atoms with van der Waals surface area (Å²) < 4.78 is 67.8. The van der Waals surface area contributed by atoms with Crippen molar-refractivity contribution < 1.29 is 50.5 Å². The fourth-order valence-corrected chi connectivity index (χ4v) is 8.87. The van der Waals surface area contributed by atoms with Crippen molar-refractivity contribution in [3.05, 3.63) is 117 Å². The molecule has 2 aromatic heterocycles. The molecule has 7 N–H and O–H groups in total. The highest BCUT2D eigenvalue weighted by Gasteiger charge is 2.25. The van der Waals surface area contributed by atoms with E-state index in [9.17, 15) is 61.1 Å². The summed E-state index contributed by atoms with van der Waals surface area (Å²) in [4.78, 5) is 38.6. The molecule has 26 heteroatoms. The van der Waals surface area contributed by atoms with E-state index in [0.717, 1.165) is 53.8 Å². The highest BCUT2D eigenvalue weighted by molar-refractivity contribution is 7.86. The molecule has 6 aromatic rings. The molecule has 334 valence electrons. The number of aromatic carboxylic acids is 2. The lowest BCUT2D eigenvalue weighted by molar-refractivity contribution is -0.114. The van der Waals surface area contributed by atoms with E-state index in [1.807, 2.05) is 6.07 Å². The number of nitrogens with zero attached hydrogens (tertiary/aromatic N) is 7. The van der Waals surface area contributed by atoms with E-state index in [0.29, 0.717) is 11.3 Å².